The Kier molecular flexibility index (Phi) is 10.8. The molecule has 0 unspecified atom stereocenters. The van der Waals surface area contributed by atoms with Crippen LogP contribution in [0.3, 0.4) is 0 Å². The number of carboxylic acid groups (broad SMARTS) is 2. The highest BCUT2D eigenvalue weighted by molar-refractivity contribution is 5.89. The lowest BCUT2D eigenvalue weighted by molar-refractivity contribution is -0.135. The number of nitrogens with two attached hydrogens (primary N) is 1. The number of hydrogen-bond donors (Lipinski definition) is 3. The molecular weight excluding hydrogens is 466 g/mol. The number of hydrogen-bond acceptors (Lipinski definition) is 8. The third kappa shape index (κ3) is 9.34. The minimum absolute atomic E-state index is 0.0581. The predicted molar refractivity (Wildman–Crippen MR) is 133 cm³/mol. The summed E-state index contributed by atoms with van der Waals surface area (Å²) in [6.07, 6.45) is 3.04. The highest BCUT2D eigenvalue weighted by Crippen LogP contribution is 2.19. The second-order valence-electron chi connectivity index (χ2n) is 8.39. The van der Waals surface area contributed by atoms with Gasteiger partial charge in [0.1, 0.15) is 0 Å². The largest absolute Gasteiger partial charge is 0.478 e. The van der Waals surface area contributed by atoms with Crippen molar-refractivity contribution in [2.45, 2.75) is 39.3 Å². The van der Waals surface area contributed by atoms with E-state index in [4.69, 9.17) is 20.7 Å². The zero-order chi connectivity index (χ0) is 26.7. The Morgan fingerprint density at radius 2 is 1.58 bits per heavy atom. The maximum Gasteiger partial charge on any atom is 0.328 e. The molecule has 194 valence electrons. The van der Waals surface area contributed by atoms with Gasteiger partial charge in [0.25, 0.3) is 5.91 Å². The average Bonchev–Trinajstić information content (AvgIpc) is 2.85. The highest BCUT2D eigenvalue weighted by atomic mass is 16.5. The second kappa shape index (κ2) is 13.8. The van der Waals surface area contributed by atoms with Gasteiger partial charge in [-0.05, 0) is 32.3 Å². The highest BCUT2D eigenvalue weighted by Gasteiger charge is 2.25. The molecule has 11 nitrogen and oxygen atoms in total. The molecule has 0 saturated carbocycles. The second-order valence-corrected chi connectivity index (χ2v) is 8.39. The normalized spacial score (nSPS) is 14.1. The maximum atomic E-state index is 12.5. The molecule has 1 aromatic carbocycles. The third-order valence-electron chi connectivity index (χ3n) is 5.75. The van der Waals surface area contributed by atoms with E-state index in [0.717, 1.165) is 32.5 Å². The number of anilines is 1. The molecule has 36 heavy (non-hydrogen) atoms. The van der Waals surface area contributed by atoms with E-state index in [2.05, 4.69) is 39.1 Å². The molecule has 0 spiro atoms. The van der Waals surface area contributed by atoms with E-state index in [0.29, 0.717) is 29.2 Å². The number of aliphatic carboxylic acids is 2. The number of carboxylic acids is 2. The molecule has 3 rings (SSSR count). The number of rotatable bonds is 8. The van der Waals surface area contributed by atoms with Crippen LogP contribution in [0.25, 0.3) is 0 Å². The number of aromatic nitrogens is 2. The van der Waals surface area contributed by atoms with Crippen LogP contribution in [0, 0.1) is 13.8 Å². The summed E-state index contributed by atoms with van der Waals surface area (Å²) < 4.78 is 5.52. The summed E-state index contributed by atoms with van der Waals surface area (Å²) in [7, 11) is 1.85. The van der Waals surface area contributed by atoms with E-state index >= 15 is 0 Å². The maximum absolute atomic E-state index is 12.5. The van der Waals surface area contributed by atoms with Crippen molar-refractivity contribution in [1.29, 1.82) is 0 Å². The van der Waals surface area contributed by atoms with Gasteiger partial charge in [-0.2, -0.15) is 9.97 Å². The lowest BCUT2D eigenvalue weighted by Gasteiger charge is -2.36. The quantitative estimate of drug-likeness (QED) is 0.458. The van der Waals surface area contributed by atoms with Gasteiger partial charge in [-0.1, -0.05) is 30.3 Å². The Morgan fingerprint density at radius 1 is 1.06 bits per heavy atom. The fourth-order valence-corrected chi connectivity index (χ4v) is 3.64. The van der Waals surface area contributed by atoms with Crippen LogP contribution in [0.1, 0.15) is 29.8 Å². The van der Waals surface area contributed by atoms with Crippen molar-refractivity contribution in [1.82, 2.24) is 19.8 Å². The monoisotopic (exact) mass is 499 g/mol. The van der Waals surface area contributed by atoms with Crippen molar-refractivity contribution in [3.05, 3.63) is 59.4 Å². The smallest absolute Gasteiger partial charge is 0.328 e. The van der Waals surface area contributed by atoms with E-state index in [1.807, 2.05) is 13.1 Å². The topological polar surface area (TPSA) is 159 Å². The first-order chi connectivity index (χ1) is 17.1. The number of likely N-dealkylation sites (N-methyl/N-ethyl adjacent to an activating group) is 1. The Labute approximate surface area is 210 Å². The number of aryl methyl sites for hydroxylation is 2. The molecule has 1 aliphatic heterocycles. The zero-order valence-corrected chi connectivity index (χ0v) is 20.8. The van der Waals surface area contributed by atoms with Crippen LogP contribution < -0.4 is 10.5 Å². The summed E-state index contributed by atoms with van der Waals surface area (Å²) in [6.45, 7) is 6.46. The predicted octanol–water partition coefficient (Wildman–Crippen LogP) is 1.89. The van der Waals surface area contributed by atoms with Crippen molar-refractivity contribution in [2.24, 2.45) is 0 Å². The van der Waals surface area contributed by atoms with Crippen LogP contribution in [0.15, 0.2) is 42.5 Å². The lowest BCUT2D eigenvalue weighted by Crippen LogP contribution is -2.46. The van der Waals surface area contributed by atoms with Crippen LogP contribution >= 0.6 is 0 Å². The molecule has 0 bridgehead atoms. The molecule has 1 aliphatic rings. The summed E-state index contributed by atoms with van der Waals surface area (Å²) in [6, 6.07) is 10.9. The third-order valence-corrected chi connectivity index (χ3v) is 5.75. The minimum atomic E-state index is -1.26. The summed E-state index contributed by atoms with van der Waals surface area (Å²) in [5, 5.41) is 15.6. The molecule has 1 saturated heterocycles. The number of likely N-dealkylation sites (tertiary alicyclic amines) is 1. The lowest BCUT2D eigenvalue weighted by atomic mass is 10.0. The molecule has 2 aromatic rings. The van der Waals surface area contributed by atoms with Crippen LogP contribution in [0.5, 0.6) is 6.01 Å². The number of carbonyl (C=O) groups is 3. The first-order valence-electron chi connectivity index (χ1n) is 11.5. The van der Waals surface area contributed by atoms with Gasteiger partial charge in [0, 0.05) is 44.9 Å². The van der Waals surface area contributed by atoms with Crippen LogP contribution in [0.4, 0.5) is 5.69 Å². The molecule has 11 heteroatoms. The van der Waals surface area contributed by atoms with Crippen LogP contribution in [-0.4, -0.2) is 80.6 Å². The Morgan fingerprint density at radius 3 is 2.08 bits per heavy atom. The van der Waals surface area contributed by atoms with Gasteiger partial charge in [-0.15, -0.1) is 0 Å². The van der Waals surface area contributed by atoms with Gasteiger partial charge in [0.05, 0.1) is 17.1 Å². The molecule has 2 heterocycles. The Hall–Kier alpha value is -3.99. The number of benzene rings is 1. The summed E-state index contributed by atoms with van der Waals surface area (Å²) in [5.74, 6) is -2.57. The average molecular weight is 500 g/mol. The first-order valence-corrected chi connectivity index (χ1v) is 11.5. The van der Waals surface area contributed by atoms with Crippen LogP contribution in [0.2, 0.25) is 0 Å². The molecule has 4 N–H and O–H groups in total. The van der Waals surface area contributed by atoms with Gasteiger partial charge in [-0.3, -0.25) is 9.69 Å². The number of nitrogens with zero attached hydrogens (tertiary/aromatic N) is 4. The number of carbonyl (C=O) groups excluding carboxylic acids is 1. The Bertz CT molecular complexity index is 1030. The van der Waals surface area contributed by atoms with E-state index in [-0.39, 0.29) is 24.6 Å². The van der Waals surface area contributed by atoms with Crippen LogP contribution in [-0.2, 0) is 20.9 Å². The molecule has 0 radical (unpaired) electrons. The summed E-state index contributed by atoms with van der Waals surface area (Å²) >= 11 is 0. The first kappa shape index (κ1) is 28.2. The van der Waals surface area contributed by atoms with Crippen molar-refractivity contribution in [2.75, 3.05) is 32.5 Å². The SMILES string of the molecule is Cc1nc(OCC(=O)N(C)C2CCN(Cc3ccccc3)CC2)nc(C)c1N.O=C(O)/C=C\C(=O)O. The minimum Gasteiger partial charge on any atom is -0.478 e. The summed E-state index contributed by atoms with van der Waals surface area (Å²) in [4.78, 5) is 44.3. The van der Waals surface area contributed by atoms with Gasteiger partial charge >= 0.3 is 17.9 Å². The molecule has 0 atom stereocenters. The zero-order valence-electron chi connectivity index (χ0n) is 20.8. The molecular formula is C25H33N5O6. The molecule has 0 aliphatic carbocycles. The van der Waals surface area contributed by atoms with E-state index in [9.17, 15) is 14.4 Å². The standard InChI is InChI=1S/C21H29N5O2.C4H4O4/c1-15-20(22)16(2)24-21(23-15)28-14-19(27)25(3)18-9-11-26(12-10-18)13-17-7-5-4-6-8-17;5-3(6)1-2-4(7)8/h4-8,18H,9-14,22H2,1-3H3;1-2H,(H,5,6)(H,7,8)/b;2-1-. The van der Waals surface area contributed by atoms with Gasteiger partial charge in [0.2, 0.25) is 0 Å². The fourth-order valence-electron chi connectivity index (χ4n) is 3.64. The van der Waals surface area contributed by atoms with Crippen molar-refractivity contribution in [3.8, 4) is 6.01 Å². The summed E-state index contributed by atoms with van der Waals surface area (Å²) in [5.41, 5.74) is 9.06. The van der Waals surface area contributed by atoms with E-state index < -0.39 is 11.9 Å². The number of nitrogen functional groups attached to an aromatic ring is 1. The van der Waals surface area contributed by atoms with Crippen molar-refractivity contribution in [3.63, 3.8) is 0 Å². The Balaban J connectivity index is 0.000000493. The molecule has 1 aromatic heterocycles. The number of piperidine rings is 1. The van der Waals surface area contributed by atoms with E-state index in [1.165, 1.54) is 5.56 Å². The van der Waals surface area contributed by atoms with Gasteiger partial charge < -0.3 is 25.6 Å². The van der Waals surface area contributed by atoms with Gasteiger partial charge in [-0.25, -0.2) is 9.59 Å². The number of amides is 1. The van der Waals surface area contributed by atoms with Crippen molar-refractivity contribution < 1.29 is 29.3 Å². The van der Waals surface area contributed by atoms with E-state index in [1.54, 1.807) is 18.7 Å². The van der Waals surface area contributed by atoms with Gasteiger partial charge in [0.15, 0.2) is 6.61 Å². The number of ether oxygens (including phenoxy) is 1. The molecule has 1 amide bonds. The molecule has 1 fully saturated rings. The van der Waals surface area contributed by atoms with Crippen molar-refractivity contribution >= 4 is 23.5 Å². The fraction of sp³-hybridized carbons (Fsp3) is 0.400.